The van der Waals surface area contributed by atoms with Crippen LogP contribution in [-0.4, -0.2) is 86.3 Å². The Hall–Kier alpha value is -3.85. The maximum atomic E-state index is 14.8. The maximum absolute atomic E-state index is 14.8. The van der Waals surface area contributed by atoms with Crippen LogP contribution in [0.2, 0.25) is 0 Å². The third-order valence-electron chi connectivity index (χ3n) is 12.4. The van der Waals surface area contributed by atoms with Gasteiger partial charge in [-0.25, -0.2) is 23.5 Å². The second kappa shape index (κ2) is 13.5. The highest BCUT2D eigenvalue weighted by molar-refractivity contribution is 6.00. The summed E-state index contributed by atoms with van der Waals surface area (Å²) in [5, 5.41) is 13.3. The van der Waals surface area contributed by atoms with Crippen molar-refractivity contribution in [3.8, 4) is 17.1 Å². The lowest BCUT2D eigenvalue weighted by molar-refractivity contribution is -0.146. The summed E-state index contributed by atoms with van der Waals surface area (Å²) < 4.78 is 86.1. The number of alkyl halides is 5. The summed E-state index contributed by atoms with van der Waals surface area (Å²) in [6.07, 6.45) is 0.679. The third-order valence-corrected chi connectivity index (χ3v) is 12.4. The van der Waals surface area contributed by atoms with Crippen LogP contribution in [0.5, 0.6) is 5.75 Å². The second-order valence-corrected chi connectivity index (χ2v) is 16.0. The molecule has 4 heterocycles. The Kier molecular flexibility index (Phi) is 9.18. The van der Waals surface area contributed by atoms with Crippen LogP contribution in [0.4, 0.5) is 22.0 Å². The van der Waals surface area contributed by atoms with E-state index >= 15 is 0 Å². The number of aliphatic carboxylic acids is 1. The molecule has 2 N–H and O–H groups in total. The van der Waals surface area contributed by atoms with Gasteiger partial charge in [0.05, 0.1) is 24.8 Å². The molecule has 5 aliphatic rings. The minimum absolute atomic E-state index is 0.0534. The average molecular weight is 746 g/mol. The number of ether oxygens (including phenoxy) is 2. The number of amides is 1. The molecule has 3 aromatic rings. The Morgan fingerprint density at radius 1 is 1.04 bits per heavy atom. The largest absolute Gasteiger partial charge is 0.490 e. The van der Waals surface area contributed by atoms with Gasteiger partial charge in [-0.05, 0) is 87.3 Å². The molecule has 3 saturated carbocycles. The first-order chi connectivity index (χ1) is 25.2. The predicted molar refractivity (Wildman–Crippen MR) is 183 cm³/mol. The number of aromatic nitrogens is 3. The van der Waals surface area contributed by atoms with Gasteiger partial charge in [0.25, 0.3) is 5.91 Å². The summed E-state index contributed by atoms with van der Waals surface area (Å²) in [5.74, 6) is -5.13. The van der Waals surface area contributed by atoms with Gasteiger partial charge in [0.2, 0.25) is 5.92 Å². The van der Waals surface area contributed by atoms with Gasteiger partial charge >= 0.3 is 12.1 Å². The number of likely N-dealkylation sites (tertiary alicyclic amines) is 1. The molecule has 2 aromatic heterocycles. The van der Waals surface area contributed by atoms with Crippen LogP contribution in [0.25, 0.3) is 22.3 Å². The third kappa shape index (κ3) is 6.87. The lowest BCUT2D eigenvalue weighted by Crippen LogP contribution is -2.57. The van der Waals surface area contributed by atoms with E-state index in [1.165, 1.54) is 0 Å². The number of carboxylic acids is 1. The van der Waals surface area contributed by atoms with Crippen molar-refractivity contribution in [3.05, 3.63) is 41.9 Å². The molecule has 5 fully saturated rings. The molecule has 0 radical (unpaired) electrons. The Balaban J connectivity index is 1.13. The van der Waals surface area contributed by atoms with Crippen molar-refractivity contribution in [2.45, 2.75) is 107 Å². The van der Waals surface area contributed by atoms with E-state index in [0.717, 1.165) is 51.8 Å². The number of piperidine rings is 1. The van der Waals surface area contributed by atoms with Gasteiger partial charge in [0.15, 0.2) is 11.5 Å². The highest BCUT2D eigenvalue weighted by atomic mass is 19.4. The molecule has 2 bridgehead atoms. The SMILES string of the molecule is CC1CC2CC(C1)C(NC(=O)c1cnc(-c3cn(C4CCC(F)(F)CC4)c4ccc(OC5CCN(C6COC6)CC5)cc34)nc1C(F)(F)F)(C(=O)O)C2. The number of benzene rings is 1. The van der Waals surface area contributed by atoms with Gasteiger partial charge in [-0.3, -0.25) is 9.69 Å². The fourth-order valence-electron chi connectivity index (χ4n) is 9.65. The number of fused-ring (bicyclic) bond motifs is 3. The van der Waals surface area contributed by atoms with Gasteiger partial charge in [-0.15, -0.1) is 0 Å². The molecule has 10 nitrogen and oxygen atoms in total. The van der Waals surface area contributed by atoms with Crippen LogP contribution in [0.1, 0.15) is 93.2 Å². The molecule has 1 aromatic carbocycles. The van der Waals surface area contributed by atoms with Crippen LogP contribution in [0.3, 0.4) is 0 Å². The summed E-state index contributed by atoms with van der Waals surface area (Å²) in [6.45, 7) is 5.19. The van der Waals surface area contributed by atoms with E-state index in [2.05, 4.69) is 20.2 Å². The highest BCUT2D eigenvalue weighted by Crippen LogP contribution is 2.51. The molecule has 4 atom stereocenters. The summed E-state index contributed by atoms with van der Waals surface area (Å²) in [4.78, 5) is 36.9. The van der Waals surface area contributed by atoms with Gasteiger partial charge in [-0.2, -0.15) is 13.2 Å². The van der Waals surface area contributed by atoms with Gasteiger partial charge < -0.3 is 24.5 Å². The topological polar surface area (TPSA) is 119 Å². The minimum atomic E-state index is -5.08. The van der Waals surface area contributed by atoms with Crippen molar-refractivity contribution in [3.63, 3.8) is 0 Å². The van der Waals surface area contributed by atoms with E-state index in [1.54, 1.807) is 24.4 Å². The molecule has 2 saturated heterocycles. The van der Waals surface area contributed by atoms with Crippen molar-refractivity contribution >= 4 is 22.8 Å². The van der Waals surface area contributed by atoms with Gasteiger partial charge in [-0.1, -0.05) is 6.92 Å². The van der Waals surface area contributed by atoms with Crippen LogP contribution in [0, 0.1) is 17.8 Å². The Labute approximate surface area is 303 Å². The van der Waals surface area contributed by atoms with Gasteiger partial charge in [0, 0.05) is 60.8 Å². The highest BCUT2D eigenvalue weighted by Gasteiger charge is 2.56. The lowest BCUT2D eigenvalue weighted by Gasteiger charge is -2.41. The molecule has 8 rings (SSSR count). The van der Waals surface area contributed by atoms with E-state index < -0.39 is 46.7 Å². The molecule has 2 aliphatic heterocycles. The number of hydrogen-bond donors (Lipinski definition) is 2. The minimum Gasteiger partial charge on any atom is -0.490 e. The monoisotopic (exact) mass is 745 g/mol. The molecule has 286 valence electrons. The number of carboxylic acid groups (broad SMARTS) is 1. The standard InChI is InChI=1S/C38H44F5N5O5/c1-21-12-22-14-23(13-21)37(16-22,35(50)51)46-34(49)29-17-44-33(45-32(29)38(41,42)43)30-18-48(24-4-8-36(39,40)9-5-24)31-3-2-27(15-28(30)31)53-26-6-10-47(11-7-26)25-19-52-20-25/h2-3,15,17-18,21-26H,4-14,16,19-20H2,1H3,(H,46,49)(H,50,51). The molecule has 3 aliphatic carbocycles. The Bertz CT molecular complexity index is 1880. The number of halogens is 5. The van der Waals surface area contributed by atoms with Crippen LogP contribution in [0.15, 0.2) is 30.6 Å². The van der Waals surface area contributed by atoms with E-state index in [0.29, 0.717) is 35.5 Å². The average Bonchev–Trinajstić information content (AvgIpc) is 3.58. The van der Waals surface area contributed by atoms with Crippen molar-refractivity contribution in [2.24, 2.45) is 17.8 Å². The fourth-order valence-corrected chi connectivity index (χ4v) is 9.65. The lowest BCUT2D eigenvalue weighted by atomic mass is 9.78. The predicted octanol–water partition coefficient (Wildman–Crippen LogP) is 7.12. The van der Waals surface area contributed by atoms with Crippen molar-refractivity contribution in [1.82, 2.24) is 24.8 Å². The smallest absolute Gasteiger partial charge is 0.434 e. The maximum Gasteiger partial charge on any atom is 0.434 e. The van der Waals surface area contributed by atoms with Crippen molar-refractivity contribution < 1.29 is 46.1 Å². The summed E-state index contributed by atoms with van der Waals surface area (Å²) in [7, 11) is 0. The zero-order chi connectivity index (χ0) is 37.3. The van der Waals surface area contributed by atoms with Crippen molar-refractivity contribution in [2.75, 3.05) is 26.3 Å². The summed E-state index contributed by atoms with van der Waals surface area (Å²) >= 11 is 0. The number of carbonyl (C=O) groups excluding carboxylic acids is 1. The number of rotatable bonds is 8. The molecule has 0 spiro atoms. The molecular formula is C38H44F5N5O5. The second-order valence-electron chi connectivity index (χ2n) is 16.0. The first-order valence-electron chi connectivity index (χ1n) is 18.7. The Morgan fingerprint density at radius 3 is 2.43 bits per heavy atom. The first kappa shape index (κ1) is 36.1. The zero-order valence-electron chi connectivity index (χ0n) is 29.5. The Morgan fingerprint density at radius 2 is 1.77 bits per heavy atom. The summed E-state index contributed by atoms with van der Waals surface area (Å²) in [6, 6.07) is 5.41. The zero-order valence-corrected chi connectivity index (χ0v) is 29.5. The fraction of sp³-hybridized carbons (Fsp3) is 0.632. The molecule has 4 unspecified atom stereocenters. The van der Waals surface area contributed by atoms with E-state index in [9.17, 15) is 36.6 Å². The van der Waals surface area contributed by atoms with E-state index in [4.69, 9.17) is 9.47 Å². The first-order valence-corrected chi connectivity index (χ1v) is 18.7. The quantitative estimate of drug-likeness (QED) is 0.234. The number of hydrogen-bond acceptors (Lipinski definition) is 7. The van der Waals surface area contributed by atoms with E-state index in [-0.39, 0.29) is 67.5 Å². The number of nitrogens with one attached hydrogen (secondary N) is 1. The molecular weight excluding hydrogens is 701 g/mol. The number of carbonyl (C=O) groups is 2. The number of nitrogens with zero attached hydrogens (tertiary/aromatic N) is 4. The molecule has 15 heteroatoms. The van der Waals surface area contributed by atoms with E-state index in [1.807, 2.05) is 11.5 Å². The molecule has 53 heavy (non-hydrogen) atoms. The normalized spacial score (nSPS) is 28.5. The molecule has 1 amide bonds. The van der Waals surface area contributed by atoms with Crippen LogP contribution >= 0.6 is 0 Å². The summed E-state index contributed by atoms with van der Waals surface area (Å²) in [5.41, 5.74) is -3.17. The van der Waals surface area contributed by atoms with Crippen LogP contribution in [-0.2, 0) is 15.7 Å². The van der Waals surface area contributed by atoms with Crippen LogP contribution < -0.4 is 10.1 Å². The van der Waals surface area contributed by atoms with Crippen molar-refractivity contribution in [1.29, 1.82) is 0 Å². The van der Waals surface area contributed by atoms with Gasteiger partial charge in [0.1, 0.15) is 17.4 Å².